The molecule has 0 heterocycles. The summed E-state index contributed by atoms with van der Waals surface area (Å²) in [6.45, 7) is 1.52. The van der Waals surface area contributed by atoms with E-state index in [0.717, 1.165) is 0 Å². The van der Waals surface area contributed by atoms with Crippen molar-refractivity contribution in [1.82, 2.24) is 5.32 Å². The largest absolute Gasteiger partial charge is 0.477 e. The summed E-state index contributed by atoms with van der Waals surface area (Å²) in [5.41, 5.74) is -0.161. The van der Waals surface area contributed by atoms with Crippen LogP contribution in [-0.2, 0) is 9.59 Å². The molecule has 78 valence electrons. The van der Waals surface area contributed by atoms with E-state index in [2.05, 4.69) is 5.32 Å². The smallest absolute Gasteiger partial charge is 0.352 e. The van der Waals surface area contributed by atoms with Gasteiger partial charge in [-0.2, -0.15) is 0 Å². The van der Waals surface area contributed by atoms with Crippen LogP contribution in [0, 0.1) is 5.92 Å². The molecule has 0 aliphatic heterocycles. The number of amides is 1. The summed E-state index contributed by atoms with van der Waals surface area (Å²) in [7, 11) is 0. The molecule has 2 N–H and O–H groups in total. The summed E-state index contributed by atoms with van der Waals surface area (Å²) in [5.74, 6) is -2.15. The van der Waals surface area contributed by atoms with Crippen LogP contribution in [0.25, 0.3) is 0 Å². The van der Waals surface area contributed by atoms with Crippen molar-refractivity contribution in [3.8, 4) is 0 Å². The fourth-order valence-electron chi connectivity index (χ4n) is 0.967. The third kappa shape index (κ3) is 2.39. The third-order valence-electron chi connectivity index (χ3n) is 1.92. The van der Waals surface area contributed by atoms with Gasteiger partial charge in [0.1, 0.15) is 10.0 Å². The number of carboxylic acid groups (broad SMARTS) is 1. The predicted octanol–water partition coefficient (Wildman–Crippen LogP) is 1.28. The average Bonchev–Trinajstić information content (AvgIpc) is 2.70. The van der Waals surface area contributed by atoms with Crippen LogP contribution in [0.15, 0.2) is 11.8 Å². The van der Waals surface area contributed by atoms with Crippen LogP contribution >= 0.6 is 23.2 Å². The van der Waals surface area contributed by atoms with Gasteiger partial charge >= 0.3 is 5.97 Å². The number of alkyl halides is 2. The first kappa shape index (κ1) is 11.3. The molecule has 0 spiro atoms. The van der Waals surface area contributed by atoms with E-state index in [1.807, 2.05) is 0 Å². The zero-order valence-corrected chi connectivity index (χ0v) is 8.89. The van der Waals surface area contributed by atoms with Gasteiger partial charge in [-0.3, -0.25) is 4.79 Å². The van der Waals surface area contributed by atoms with E-state index >= 15 is 0 Å². The van der Waals surface area contributed by atoms with Crippen LogP contribution in [0.5, 0.6) is 0 Å². The summed E-state index contributed by atoms with van der Waals surface area (Å²) < 4.78 is -1.03. The second kappa shape index (κ2) is 3.79. The van der Waals surface area contributed by atoms with Gasteiger partial charge in [-0.05, 0) is 13.3 Å². The molecule has 1 aliphatic carbocycles. The van der Waals surface area contributed by atoms with Crippen LogP contribution in [0.3, 0.4) is 0 Å². The molecule has 0 aromatic rings. The van der Waals surface area contributed by atoms with Crippen molar-refractivity contribution in [3.05, 3.63) is 11.8 Å². The number of carboxylic acids is 1. The molecule has 0 radical (unpaired) electrons. The van der Waals surface area contributed by atoms with E-state index < -0.39 is 22.1 Å². The van der Waals surface area contributed by atoms with Crippen LogP contribution in [0.4, 0.5) is 0 Å². The molecule has 1 unspecified atom stereocenters. The number of carbonyl (C=O) groups is 2. The van der Waals surface area contributed by atoms with Gasteiger partial charge in [-0.25, -0.2) is 4.79 Å². The normalized spacial score (nSPS) is 24.2. The number of hydrogen-bond donors (Lipinski definition) is 2. The van der Waals surface area contributed by atoms with Gasteiger partial charge in [-0.1, -0.05) is 6.08 Å². The molecule has 0 saturated heterocycles. The first-order chi connectivity index (χ1) is 6.38. The van der Waals surface area contributed by atoms with Crippen molar-refractivity contribution in [3.63, 3.8) is 0 Å². The minimum absolute atomic E-state index is 0.161. The number of allylic oxidation sites excluding steroid dienone is 1. The van der Waals surface area contributed by atoms with Crippen LogP contribution in [0.1, 0.15) is 13.3 Å². The highest BCUT2D eigenvalue weighted by Gasteiger charge is 2.56. The summed E-state index contributed by atoms with van der Waals surface area (Å²) in [4.78, 5) is 21.8. The maximum absolute atomic E-state index is 11.3. The van der Waals surface area contributed by atoms with E-state index in [4.69, 9.17) is 28.3 Å². The van der Waals surface area contributed by atoms with E-state index in [9.17, 15) is 9.59 Å². The molecular formula is C8H9Cl2NO3. The fourth-order valence-corrected chi connectivity index (χ4v) is 1.47. The Morgan fingerprint density at radius 2 is 2.07 bits per heavy atom. The highest BCUT2D eigenvalue weighted by molar-refractivity contribution is 6.52. The highest BCUT2D eigenvalue weighted by Crippen LogP contribution is 2.53. The van der Waals surface area contributed by atoms with Crippen molar-refractivity contribution in [1.29, 1.82) is 0 Å². The first-order valence-electron chi connectivity index (χ1n) is 3.96. The van der Waals surface area contributed by atoms with Crippen LogP contribution < -0.4 is 5.32 Å². The van der Waals surface area contributed by atoms with E-state index in [-0.39, 0.29) is 5.70 Å². The Morgan fingerprint density at radius 1 is 1.57 bits per heavy atom. The Hall–Kier alpha value is -0.740. The minimum Gasteiger partial charge on any atom is -0.477 e. The average molecular weight is 238 g/mol. The van der Waals surface area contributed by atoms with Gasteiger partial charge in [0.05, 0.1) is 5.92 Å². The molecule has 0 aromatic carbocycles. The Bertz CT molecular complexity index is 312. The quantitative estimate of drug-likeness (QED) is 0.575. The van der Waals surface area contributed by atoms with Crippen molar-refractivity contribution in [2.24, 2.45) is 5.92 Å². The molecule has 1 amide bonds. The molecule has 1 rings (SSSR count). The van der Waals surface area contributed by atoms with Crippen molar-refractivity contribution < 1.29 is 14.7 Å². The summed E-state index contributed by atoms with van der Waals surface area (Å²) >= 11 is 11.3. The summed E-state index contributed by atoms with van der Waals surface area (Å²) in [5, 5.41) is 10.8. The zero-order valence-electron chi connectivity index (χ0n) is 7.38. The van der Waals surface area contributed by atoms with Crippen molar-refractivity contribution in [2.75, 3.05) is 0 Å². The lowest BCUT2D eigenvalue weighted by molar-refractivity contribution is -0.134. The second-order valence-electron chi connectivity index (χ2n) is 3.01. The zero-order chi connectivity index (χ0) is 10.9. The molecular weight excluding hydrogens is 229 g/mol. The molecule has 0 aromatic heterocycles. The van der Waals surface area contributed by atoms with E-state index in [0.29, 0.717) is 6.42 Å². The molecule has 1 atom stereocenters. The lowest BCUT2D eigenvalue weighted by Gasteiger charge is -2.04. The molecule has 4 nitrogen and oxygen atoms in total. The highest BCUT2D eigenvalue weighted by atomic mass is 35.5. The van der Waals surface area contributed by atoms with Gasteiger partial charge in [0.25, 0.3) is 0 Å². The third-order valence-corrected chi connectivity index (χ3v) is 2.75. The maximum atomic E-state index is 11.3. The van der Waals surface area contributed by atoms with Gasteiger partial charge in [-0.15, -0.1) is 23.2 Å². The maximum Gasteiger partial charge on any atom is 0.352 e. The number of carbonyl (C=O) groups excluding carboxylic acids is 1. The number of rotatable bonds is 3. The Morgan fingerprint density at radius 3 is 2.36 bits per heavy atom. The molecule has 0 bridgehead atoms. The van der Waals surface area contributed by atoms with Crippen LogP contribution in [-0.4, -0.2) is 21.3 Å². The van der Waals surface area contributed by atoms with Gasteiger partial charge in [0, 0.05) is 0 Å². The second-order valence-corrected chi connectivity index (χ2v) is 4.56. The van der Waals surface area contributed by atoms with E-state index in [1.54, 1.807) is 0 Å². The number of halogens is 2. The number of nitrogens with one attached hydrogen (secondary N) is 1. The molecule has 6 heteroatoms. The molecule has 14 heavy (non-hydrogen) atoms. The summed E-state index contributed by atoms with van der Waals surface area (Å²) in [6.07, 6.45) is 1.66. The first-order valence-corrected chi connectivity index (χ1v) is 4.72. The molecule has 1 aliphatic rings. The lowest BCUT2D eigenvalue weighted by atomic mass is 10.3. The number of hydrogen-bond acceptors (Lipinski definition) is 2. The minimum atomic E-state index is -1.18. The predicted molar refractivity (Wildman–Crippen MR) is 52.1 cm³/mol. The summed E-state index contributed by atoms with van der Waals surface area (Å²) in [6, 6.07) is 0. The van der Waals surface area contributed by atoms with Crippen molar-refractivity contribution >= 4 is 35.1 Å². The monoisotopic (exact) mass is 237 g/mol. The Labute approximate surface area is 90.9 Å². The van der Waals surface area contributed by atoms with Gasteiger partial charge in [0.15, 0.2) is 0 Å². The van der Waals surface area contributed by atoms with E-state index in [1.165, 1.54) is 13.0 Å². The Balaban J connectivity index is 2.54. The van der Waals surface area contributed by atoms with Gasteiger partial charge in [0.2, 0.25) is 5.91 Å². The topological polar surface area (TPSA) is 66.4 Å². The Kier molecular flexibility index (Phi) is 3.07. The van der Waals surface area contributed by atoms with Crippen LogP contribution in [0.2, 0.25) is 0 Å². The molecule has 1 saturated carbocycles. The fraction of sp³-hybridized carbons (Fsp3) is 0.500. The molecule has 1 fully saturated rings. The van der Waals surface area contributed by atoms with Crippen molar-refractivity contribution in [2.45, 2.75) is 17.7 Å². The number of aliphatic carboxylic acids is 1. The van der Waals surface area contributed by atoms with Gasteiger partial charge < -0.3 is 10.4 Å². The SMILES string of the molecule is C/C=C(/NC(=O)C1CC1(Cl)Cl)C(=O)O. The standard InChI is InChI=1S/C8H9Cl2NO3/c1-2-5(7(13)14)11-6(12)4-3-8(4,9)10/h2,4H,3H2,1H3,(H,11,12)(H,13,14)/b5-2+. The lowest BCUT2D eigenvalue weighted by Crippen LogP contribution is -2.29.